The summed E-state index contributed by atoms with van der Waals surface area (Å²) in [7, 11) is 0. The maximum absolute atomic E-state index is 13.9. The third-order valence-electron chi connectivity index (χ3n) is 2.99. The van der Waals surface area contributed by atoms with Crippen LogP contribution in [-0.4, -0.2) is 16.5 Å². The number of aryl methyl sites for hydroxylation is 1. The minimum atomic E-state index is -0.205. The van der Waals surface area contributed by atoms with Gasteiger partial charge in [0.25, 0.3) is 0 Å². The molecule has 0 aliphatic carbocycles. The zero-order chi connectivity index (χ0) is 14.5. The first kappa shape index (κ1) is 15.1. The summed E-state index contributed by atoms with van der Waals surface area (Å²) < 4.78 is 14.7. The number of hydrogen-bond acceptors (Lipinski definition) is 3. The molecule has 1 unspecified atom stereocenters. The second-order valence-corrected chi connectivity index (χ2v) is 5.58. The smallest absolute Gasteiger partial charge is 0.145 e. The molecular weight excluding hydrogens is 321 g/mol. The van der Waals surface area contributed by atoms with Crippen LogP contribution in [0.5, 0.6) is 0 Å². The number of rotatable bonds is 5. The summed E-state index contributed by atoms with van der Waals surface area (Å²) in [5.41, 5.74) is 1.66. The first-order valence-electron chi connectivity index (χ1n) is 6.56. The zero-order valence-electron chi connectivity index (χ0n) is 11.5. The van der Waals surface area contributed by atoms with E-state index in [0.717, 1.165) is 16.6 Å². The Morgan fingerprint density at radius 3 is 2.65 bits per heavy atom. The molecule has 0 saturated heterocycles. The molecule has 3 nitrogen and oxygen atoms in total. The molecule has 2 aromatic rings. The summed E-state index contributed by atoms with van der Waals surface area (Å²) in [6.07, 6.45) is 4.08. The fourth-order valence-corrected chi connectivity index (χ4v) is 2.41. The van der Waals surface area contributed by atoms with Crippen molar-refractivity contribution in [2.45, 2.75) is 26.3 Å². The van der Waals surface area contributed by atoms with E-state index < -0.39 is 0 Å². The molecule has 0 amide bonds. The van der Waals surface area contributed by atoms with Crippen LogP contribution in [0, 0.1) is 12.7 Å². The van der Waals surface area contributed by atoms with Gasteiger partial charge >= 0.3 is 0 Å². The van der Waals surface area contributed by atoms with Gasteiger partial charge in [0.2, 0.25) is 0 Å². The minimum absolute atomic E-state index is 0.0931. The first-order chi connectivity index (χ1) is 9.60. The van der Waals surface area contributed by atoms with Gasteiger partial charge in [0.1, 0.15) is 11.6 Å². The standard InChI is InChI=1S/C15H17BrFN3/c1-3-18-14(15-19-8-10(2)9-20-15)7-11-6-12(16)4-5-13(11)17/h4-6,8-9,14,18H,3,7H2,1-2H3. The number of nitrogens with zero attached hydrogens (tertiary/aromatic N) is 2. The van der Waals surface area contributed by atoms with Crippen LogP contribution in [0.2, 0.25) is 0 Å². The van der Waals surface area contributed by atoms with Crippen LogP contribution < -0.4 is 5.32 Å². The van der Waals surface area contributed by atoms with E-state index in [1.807, 2.05) is 13.8 Å². The maximum atomic E-state index is 13.9. The van der Waals surface area contributed by atoms with E-state index in [2.05, 4.69) is 31.2 Å². The van der Waals surface area contributed by atoms with Gasteiger partial charge < -0.3 is 5.32 Å². The van der Waals surface area contributed by atoms with E-state index in [1.165, 1.54) is 6.07 Å². The second-order valence-electron chi connectivity index (χ2n) is 4.67. The average Bonchev–Trinajstić information content (AvgIpc) is 2.43. The summed E-state index contributed by atoms with van der Waals surface area (Å²) in [6, 6.07) is 4.87. The molecular formula is C15H17BrFN3. The molecule has 0 fully saturated rings. The number of likely N-dealkylation sites (N-methyl/N-ethyl adjacent to an activating group) is 1. The Labute approximate surface area is 126 Å². The highest BCUT2D eigenvalue weighted by molar-refractivity contribution is 9.10. The number of aromatic nitrogens is 2. The Balaban J connectivity index is 2.25. The summed E-state index contributed by atoms with van der Waals surface area (Å²) in [4.78, 5) is 8.68. The van der Waals surface area contributed by atoms with E-state index in [1.54, 1.807) is 24.5 Å². The Morgan fingerprint density at radius 1 is 1.30 bits per heavy atom. The van der Waals surface area contributed by atoms with Crippen molar-refractivity contribution < 1.29 is 4.39 Å². The van der Waals surface area contributed by atoms with Crippen LogP contribution in [0.3, 0.4) is 0 Å². The van der Waals surface area contributed by atoms with Crippen molar-refractivity contribution in [2.24, 2.45) is 0 Å². The highest BCUT2D eigenvalue weighted by Gasteiger charge is 2.16. The number of hydrogen-bond donors (Lipinski definition) is 1. The fourth-order valence-electron chi connectivity index (χ4n) is 2.00. The largest absolute Gasteiger partial charge is 0.307 e. The average molecular weight is 338 g/mol. The lowest BCUT2D eigenvalue weighted by Gasteiger charge is -2.17. The van der Waals surface area contributed by atoms with Crippen molar-refractivity contribution in [2.75, 3.05) is 6.54 Å². The lowest BCUT2D eigenvalue weighted by molar-refractivity contribution is 0.505. The number of nitrogens with one attached hydrogen (secondary N) is 1. The van der Waals surface area contributed by atoms with E-state index in [9.17, 15) is 4.39 Å². The summed E-state index contributed by atoms with van der Waals surface area (Å²) in [6.45, 7) is 4.73. The summed E-state index contributed by atoms with van der Waals surface area (Å²) >= 11 is 3.37. The minimum Gasteiger partial charge on any atom is -0.307 e. The molecule has 106 valence electrons. The topological polar surface area (TPSA) is 37.8 Å². The lowest BCUT2D eigenvalue weighted by atomic mass is 10.0. The SMILES string of the molecule is CCNC(Cc1cc(Br)ccc1F)c1ncc(C)cn1. The Kier molecular flexibility index (Phi) is 5.20. The molecule has 1 heterocycles. The Morgan fingerprint density at radius 2 is 2.00 bits per heavy atom. The van der Waals surface area contributed by atoms with Crippen molar-refractivity contribution in [3.8, 4) is 0 Å². The molecule has 1 atom stereocenters. The molecule has 0 aliphatic heterocycles. The van der Waals surface area contributed by atoms with Crippen LogP contribution in [0.4, 0.5) is 4.39 Å². The van der Waals surface area contributed by atoms with Crippen LogP contribution in [-0.2, 0) is 6.42 Å². The lowest BCUT2D eigenvalue weighted by Crippen LogP contribution is -2.25. The molecule has 0 saturated carbocycles. The van der Waals surface area contributed by atoms with Gasteiger partial charge in [0.05, 0.1) is 6.04 Å². The third-order valence-corrected chi connectivity index (χ3v) is 3.49. The quantitative estimate of drug-likeness (QED) is 0.906. The van der Waals surface area contributed by atoms with Crippen molar-refractivity contribution >= 4 is 15.9 Å². The molecule has 0 bridgehead atoms. The van der Waals surface area contributed by atoms with Crippen molar-refractivity contribution in [1.29, 1.82) is 0 Å². The first-order valence-corrected chi connectivity index (χ1v) is 7.35. The Bertz CT molecular complexity index is 572. The number of benzene rings is 1. The van der Waals surface area contributed by atoms with E-state index >= 15 is 0 Å². The van der Waals surface area contributed by atoms with Crippen LogP contribution >= 0.6 is 15.9 Å². The second kappa shape index (κ2) is 6.90. The van der Waals surface area contributed by atoms with E-state index in [0.29, 0.717) is 17.8 Å². The van der Waals surface area contributed by atoms with Gasteiger partial charge in [0.15, 0.2) is 0 Å². The van der Waals surface area contributed by atoms with Gasteiger partial charge in [-0.1, -0.05) is 22.9 Å². The third kappa shape index (κ3) is 3.84. The molecule has 1 aromatic heterocycles. The molecule has 5 heteroatoms. The highest BCUT2D eigenvalue weighted by atomic mass is 79.9. The van der Waals surface area contributed by atoms with E-state index in [-0.39, 0.29) is 11.9 Å². The predicted molar refractivity (Wildman–Crippen MR) is 81.0 cm³/mol. The van der Waals surface area contributed by atoms with Gasteiger partial charge in [-0.05, 0) is 49.2 Å². The van der Waals surface area contributed by atoms with Crippen molar-refractivity contribution in [3.63, 3.8) is 0 Å². The predicted octanol–water partition coefficient (Wildman–Crippen LogP) is 3.58. The summed E-state index contributed by atoms with van der Waals surface area (Å²) in [5, 5.41) is 3.31. The van der Waals surface area contributed by atoms with Gasteiger partial charge in [-0.15, -0.1) is 0 Å². The van der Waals surface area contributed by atoms with Gasteiger partial charge in [-0.2, -0.15) is 0 Å². The van der Waals surface area contributed by atoms with Crippen molar-refractivity contribution in [3.05, 3.63) is 57.8 Å². The molecule has 0 spiro atoms. The monoisotopic (exact) mass is 337 g/mol. The molecule has 20 heavy (non-hydrogen) atoms. The highest BCUT2D eigenvalue weighted by Crippen LogP contribution is 2.21. The summed E-state index contributed by atoms with van der Waals surface area (Å²) in [5.74, 6) is 0.486. The van der Waals surface area contributed by atoms with Crippen LogP contribution in [0.1, 0.15) is 29.9 Å². The molecule has 0 aliphatic rings. The Hall–Kier alpha value is -1.33. The van der Waals surface area contributed by atoms with Crippen molar-refractivity contribution in [1.82, 2.24) is 15.3 Å². The molecule has 1 N–H and O–H groups in total. The fraction of sp³-hybridized carbons (Fsp3) is 0.333. The molecule has 0 radical (unpaired) electrons. The van der Waals surface area contributed by atoms with Gasteiger partial charge in [-0.25, -0.2) is 14.4 Å². The molecule has 2 rings (SSSR count). The van der Waals surface area contributed by atoms with Crippen LogP contribution in [0.15, 0.2) is 35.1 Å². The normalized spacial score (nSPS) is 12.4. The molecule has 1 aromatic carbocycles. The van der Waals surface area contributed by atoms with E-state index in [4.69, 9.17) is 0 Å². The zero-order valence-corrected chi connectivity index (χ0v) is 13.1. The maximum Gasteiger partial charge on any atom is 0.145 e. The van der Waals surface area contributed by atoms with Gasteiger partial charge in [-0.3, -0.25) is 0 Å². The van der Waals surface area contributed by atoms with Crippen LogP contribution in [0.25, 0.3) is 0 Å². The number of halogens is 2. The van der Waals surface area contributed by atoms with Gasteiger partial charge in [0, 0.05) is 16.9 Å².